The third-order valence-corrected chi connectivity index (χ3v) is 2.16. The van der Waals surface area contributed by atoms with Crippen molar-refractivity contribution in [3.05, 3.63) is 12.7 Å². The Hall–Kier alpha value is -0.810. The average molecular weight is 180 g/mol. The van der Waals surface area contributed by atoms with Crippen LogP contribution in [-0.4, -0.2) is 12.1 Å². The highest BCUT2D eigenvalue weighted by Gasteiger charge is 2.20. The van der Waals surface area contributed by atoms with Crippen molar-refractivity contribution in [2.24, 2.45) is 0 Å². The first-order valence-corrected chi connectivity index (χ1v) is 4.95. The molecule has 1 N–H and O–H groups in total. The van der Waals surface area contributed by atoms with Crippen molar-refractivity contribution in [3.8, 4) is 6.07 Å². The molecule has 0 fully saturated rings. The van der Waals surface area contributed by atoms with E-state index in [0.29, 0.717) is 6.54 Å². The fourth-order valence-electron chi connectivity index (χ4n) is 1.21. The monoisotopic (exact) mass is 180 g/mol. The molecule has 0 heterocycles. The first-order chi connectivity index (χ1) is 6.18. The van der Waals surface area contributed by atoms with Crippen LogP contribution in [0.2, 0.25) is 0 Å². The molecule has 0 amide bonds. The van der Waals surface area contributed by atoms with Crippen molar-refractivity contribution in [1.29, 1.82) is 5.26 Å². The predicted octanol–water partition coefficient (Wildman–Crippen LogP) is 2.62. The van der Waals surface area contributed by atoms with Gasteiger partial charge in [-0.05, 0) is 13.3 Å². The molecule has 0 spiro atoms. The van der Waals surface area contributed by atoms with Gasteiger partial charge in [0.05, 0.1) is 6.07 Å². The van der Waals surface area contributed by atoms with Gasteiger partial charge >= 0.3 is 0 Å². The quantitative estimate of drug-likeness (QED) is 0.483. The second-order valence-corrected chi connectivity index (χ2v) is 3.57. The Kier molecular flexibility index (Phi) is 6.26. The molecule has 2 nitrogen and oxygen atoms in total. The van der Waals surface area contributed by atoms with Crippen molar-refractivity contribution >= 4 is 0 Å². The summed E-state index contributed by atoms with van der Waals surface area (Å²) in [4.78, 5) is 0. The van der Waals surface area contributed by atoms with E-state index < -0.39 is 0 Å². The second-order valence-electron chi connectivity index (χ2n) is 3.57. The van der Waals surface area contributed by atoms with Crippen LogP contribution in [0.15, 0.2) is 12.7 Å². The van der Waals surface area contributed by atoms with Gasteiger partial charge in [-0.15, -0.1) is 6.58 Å². The highest BCUT2D eigenvalue weighted by Crippen LogP contribution is 2.13. The molecule has 0 aliphatic carbocycles. The zero-order valence-electron chi connectivity index (χ0n) is 8.77. The molecule has 0 bridgehead atoms. The number of nitrogens with one attached hydrogen (secondary N) is 1. The van der Waals surface area contributed by atoms with Gasteiger partial charge in [-0.25, -0.2) is 0 Å². The van der Waals surface area contributed by atoms with Gasteiger partial charge in [0, 0.05) is 6.54 Å². The number of hydrogen-bond acceptors (Lipinski definition) is 2. The maximum absolute atomic E-state index is 8.96. The van der Waals surface area contributed by atoms with Gasteiger partial charge in [-0.1, -0.05) is 32.3 Å². The van der Waals surface area contributed by atoms with Crippen LogP contribution in [0, 0.1) is 11.3 Å². The molecule has 0 rings (SSSR count). The fraction of sp³-hybridized carbons (Fsp3) is 0.727. The molecule has 0 radical (unpaired) electrons. The lowest BCUT2D eigenvalue weighted by molar-refractivity contribution is 0.418. The molecule has 0 aliphatic heterocycles. The number of nitrogens with zero attached hydrogens (tertiary/aromatic N) is 1. The van der Waals surface area contributed by atoms with Gasteiger partial charge in [-0.2, -0.15) is 5.26 Å². The minimum absolute atomic E-state index is 0.372. The smallest absolute Gasteiger partial charge is 0.104 e. The minimum atomic E-state index is -0.372. The number of unbranched alkanes of at least 4 members (excludes halogenated alkanes) is 2. The zero-order chi connectivity index (χ0) is 10.2. The Bertz CT molecular complexity index is 181. The molecule has 0 aromatic carbocycles. The summed E-state index contributed by atoms with van der Waals surface area (Å²) >= 11 is 0. The summed E-state index contributed by atoms with van der Waals surface area (Å²) < 4.78 is 0. The lowest BCUT2D eigenvalue weighted by Crippen LogP contribution is -2.40. The summed E-state index contributed by atoms with van der Waals surface area (Å²) in [7, 11) is 0. The van der Waals surface area contributed by atoms with Gasteiger partial charge < -0.3 is 0 Å². The van der Waals surface area contributed by atoms with Gasteiger partial charge in [0.25, 0.3) is 0 Å². The molecule has 0 aromatic rings. The maximum Gasteiger partial charge on any atom is 0.104 e. The summed E-state index contributed by atoms with van der Waals surface area (Å²) in [5.41, 5.74) is -0.372. The Morgan fingerprint density at radius 3 is 2.69 bits per heavy atom. The largest absolute Gasteiger partial charge is 0.296 e. The molecule has 2 heteroatoms. The van der Waals surface area contributed by atoms with Crippen LogP contribution in [0.1, 0.15) is 39.5 Å². The van der Waals surface area contributed by atoms with E-state index in [0.717, 1.165) is 12.8 Å². The van der Waals surface area contributed by atoms with Crippen LogP contribution in [0.25, 0.3) is 0 Å². The number of nitriles is 1. The van der Waals surface area contributed by atoms with Gasteiger partial charge in [0.15, 0.2) is 0 Å². The van der Waals surface area contributed by atoms with E-state index in [1.807, 2.05) is 6.92 Å². The Morgan fingerprint density at radius 2 is 2.23 bits per heavy atom. The van der Waals surface area contributed by atoms with E-state index >= 15 is 0 Å². The van der Waals surface area contributed by atoms with Crippen molar-refractivity contribution in [3.63, 3.8) is 0 Å². The van der Waals surface area contributed by atoms with Crippen LogP contribution >= 0.6 is 0 Å². The van der Waals surface area contributed by atoms with E-state index in [1.165, 1.54) is 12.8 Å². The average Bonchev–Trinajstić information content (AvgIpc) is 2.15. The van der Waals surface area contributed by atoms with Crippen LogP contribution < -0.4 is 5.32 Å². The molecule has 1 atom stereocenters. The van der Waals surface area contributed by atoms with Crippen molar-refractivity contribution in [2.75, 3.05) is 6.54 Å². The van der Waals surface area contributed by atoms with Crippen molar-refractivity contribution in [2.45, 2.75) is 45.1 Å². The van der Waals surface area contributed by atoms with Crippen LogP contribution in [0.3, 0.4) is 0 Å². The lowest BCUT2D eigenvalue weighted by atomic mass is 9.96. The second kappa shape index (κ2) is 6.68. The topological polar surface area (TPSA) is 35.8 Å². The Morgan fingerprint density at radius 1 is 1.54 bits per heavy atom. The molecule has 0 aliphatic rings. The van der Waals surface area contributed by atoms with E-state index in [4.69, 9.17) is 5.26 Å². The molecule has 1 unspecified atom stereocenters. The van der Waals surface area contributed by atoms with Gasteiger partial charge in [0.1, 0.15) is 5.54 Å². The fourth-order valence-corrected chi connectivity index (χ4v) is 1.21. The molecule has 0 saturated carbocycles. The Labute approximate surface area is 81.6 Å². The van der Waals surface area contributed by atoms with E-state index in [9.17, 15) is 0 Å². The summed E-state index contributed by atoms with van der Waals surface area (Å²) in [5, 5.41) is 12.1. The molecule has 74 valence electrons. The standard InChI is InChI=1S/C11H20N2/c1-4-6-7-8-11(3,10-12)13-9-5-2/h5,13H,2,4,6-9H2,1,3H3. The lowest BCUT2D eigenvalue weighted by Gasteiger charge is -2.22. The number of rotatable bonds is 7. The third-order valence-electron chi connectivity index (χ3n) is 2.16. The molecule has 0 aromatic heterocycles. The van der Waals surface area contributed by atoms with Crippen LogP contribution in [0.4, 0.5) is 0 Å². The molecule has 13 heavy (non-hydrogen) atoms. The first kappa shape index (κ1) is 12.2. The summed E-state index contributed by atoms with van der Waals surface area (Å²) in [6.07, 6.45) is 6.22. The van der Waals surface area contributed by atoms with Crippen molar-refractivity contribution in [1.82, 2.24) is 5.32 Å². The van der Waals surface area contributed by atoms with Gasteiger partial charge in [0.2, 0.25) is 0 Å². The maximum atomic E-state index is 8.96. The first-order valence-electron chi connectivity index (χ1n) is 4.95. The normalized spacial score (nSPS) is 14.5. The molecule has 0 saturated heterocycles. The van der Waals surface area contributed by atoms with E-state index in [-0.39, 0.29) is 5.54 Å². The van der Waals surface area contributed by atoms with E-state index in [2.05, 4.69) is 24.9 Å². The summed E-state index contributed by atoms with van der Waals surface area (Å²) in [6.45, 7) is 8.45. The minimum Gasteiger partial charge on any atom is -0.296 e. The van der Waals surface area contributed by atoms with Crippen LogP contribution in [-0.2, 0) is 0 Å². The highest BCUT2D eigenvalue weighted by atomic mass is 14.9. The van der Waals surface area contributed by atoms with Crippen molar-refractivity contribution < 1.29 is 0 Å². The predicted molar refractivity (Wildman–Crippen MR) is 56.4 cm³/mol. The summed E-state index contributed by atoms with van der Waals surface area (Å²) in [6, 6.07) is 2.31. The third kappa shape index (κ3) is 5.43. The molecular formula is C11H20N2. The number of hydrogen-bond donors (Lipinski definition) is 1. The SMILES string of the molecule is C=CCNC(C)(C#N)CCCCC. The van der Waals surface area contributed by atoms with E-state index in [1.54, 1.807) is 6.08 Å². The zero-order valence-corrected chi connectivity index (χ0v) is 8.77. The highest BCUT2D eigenvalue weighted by molar-refractivity contribution is 5.04. The van der Waals surface area contributed by atoms with Crippen LogP contribution in [0.5, 0.6) is 0 Å². The van der Waals surface area contributed by atoms with Gasteiger partial charge in [-0.3, -0.25) is 5.32 Å². The molecular weight excluding hydrogens is 160 g/mol. The Balaban J connectivity index is 3.83. The summed E-state index contributed by atoms with van der Waals surface area (Å²) in [5.74, 6) is 0.